The van der Waals surface area contributed by atoms with Crippen LogP contribution < -0.4 is 0 Å². The van der Waals surface area contributed by atoms with E-state index < -0.39 is 0 Å². The average molecular weight is 339 g/mol. The third-order valence-corrected chi connectivity index (χ3v) is 4.48. The molecule has 1 saturated heterocycles. The van der Waals surface area contributed by atoms with Crippen LogP contribution in [0.2, 0.25) is 0 Å². The maximum atomic E-state index is 5.96. The first kappa shape index (κ1) is 16.0. The summed E-state index contributed by atoms with van der Waals surface area (Å²) in [6, 6.07) is 14.1. The molecule has 130 valence electrons. The van der Waals surface area contributed by atoms with Crippen LogP contribution in [0.4, 0.5) is 0 Å². The first-order chi connectivity index (χ1) is 12.3. The van der Waals surface area contributed by atoms with Crippen LogP contribution in [0.25, 0.3) is 5.69 Å². The largest absolute Gasteiger partial charge is 0.464 e. The van der Waals surface area contributed by atoms with Gasteiger partial charge in [-0.15, -0.1) is 5.10 Å². The Labute approximate surface area is 146 Å². The molecule has 1 atom stereocenters. The molecule has 1 aliphatic heterocycles. The van der Waals surface area contributed by atoms with Gasteiger partial charge in [-0.25, -0.2) is 0 Å². The summed E-state index contributed by atoms with van der Waals surface area (Å²) in [7, 11) is 0. The van der Waals surface area contributed by atoms with Crippen LogP contribution in [0.3, 0.4) is 0 Å². The molecule has 1 aliphatic rings. The smallest absolute Gasteiger partial charge is 0.170 e. The molecule has 0 aliphatic carbocycles. The predicted octanol–water partition coefficient (Wildman–Crippen LogP) is 2.39. The van der Waals surface area contributed by atoms with Crippen molar-refractivity contribution in [3.63, 3.8) is 0 Å². The second-order valence-corrected chi connectivity index (χ2v) is 6.06. The van der Waals surface area contributed by atoms with Crippen molar-refractivity contribution in [1.82, 2.24) is 25.1 Å². The van der Waals surface area contributed by atoms with Crippen LogP contribution in [0.15, 0.2) is 46.9 Å². The summed E-state index contributed by atoms with van der Waals surface area (Å²) in [5.41, 5.74) is 0.957. The van der Waals surface area contributed by atoms with E-state index >= 15 is 0 Å². The first-order valence-electron chi connectivity index (χ1n) is 8.58. The first-order valence-corrected chi connectivity index (χ1v) is 8.58. The molecule has 1 aromatic carbocycles. The van der Waals surface area contributed by atoms with Gasteiger partial charge in [0.2, 0.25) is 0 Å². The fourth-order valence-corrected chi connectivity index (χ4v) is 3.11. The van der Waals surface area contributed by atoms with Gasteiger partial charge >= 0.3 is 0 Å². The summed E-state index contributed by atoms with van der Waals surface area (Å²) in [5.74, 6) is 2.74. The topological polar surface area (TPSA) is 69.2 Å². The highest BCUT2D eigenvalue weighted by molar-refractivity contribution is 5.30. The quantitative estimate of drug-likeness (QED) is 0.711. The summed E-state index contributed by atoms with van der Waals surface area (Å²) in [6.07, 6.45) is 0.889. The van der Waals surface area contributed by atoms with E-state index in [1.165, 1.54) is 0 Å². The van der Waals surface area contributed by atoms with Gasteiger partial charge in [-0.3, -0.25) is 4.90 Å². The second-order valence-electron chi connectivity index (χ2n) is 6.06. The highest BCUT2D eigenvalue weighted by atomic mass is 16.5. The monoisotopic (exact) mass is 339 g/mol. The van der Waals surface area contributed by atoms with E-state index in [2.05, 4.69) is 27.3 Å². The van der Waals surface area contributed by atoms with Crippen molar-refractivity contribution >= 4 is 0 Å². The Morgan fingerprint density at radius 3 is 2.84 bits per heavy atom. The lowest BCUT2D eigenvalue weighted by molar-refractivity contribution is -0.0219. The van der Waals surface area contributed by atoms with Crippen molar-refractivity contribution in [2.45, 2.75) is 25.9 Å². The number of ether oxygens (including phenoxy) is 1. The fourth-order valence-electron chi connectivity index (χ4n) is 3.11. The average Bonchev–Trinajstić information content (AvgIpc) is 3.32. The highest BCUT2D eigenvalue weighted by Crippen LogP contribution is 2.27. The minimum Gasteiger partial charge on any atom is -0.464 e. The van der Waals surface area contributed by atoms with E-state index in [4.69, 9.17) is 9.15 Å². The summed E-state index contributed by atoms with van der Waals surface area (Å²) >= 11 is 0. The van der Waals surface area contributed by atoms with Crippen molar-refractivity contribution in [3.8, 4) is 5.69 Å². The lowest BCUT2D eigenvalue weighted by Gasteiger charge is -2.33. The fraction of sp³-hybridized carbons (Fsp3) is 0.389. The Bertz CT molecular complexity index is 814. The van der Waals surface area contributed by atoms with Crippen LogP contribution in [0.1, 0.15) is 30.3 Å². The van der Waals surface area contributed by atoms with Gasteiger partial charge in [-0.2, -0.15) is 4.68 Å². The molecule has 0 saturated carbocycles. The molecule has 7 nitrogen and oxygen atoms in total. The standard InChI is InChI=1S/C18H21N5O2/c1-2-15-8-9-17(25-15)16-13-24-11-10-22(16)12-18-19-20-21-23(18)14-6-4-3-5-7-14/h3-9,16H,2,10-13H2,1H3/t16-/m1/s1. The van der Waals surface area contributed by atoms with Crippen LogP contribution in [-0.2, 0) is 17.7 Å². The van der Waals surface area contributed by atoms with Gasteiger partial charge in [0.05, 0.1) is 31.5 Å². The lowest BCUT2D eigenvalue weighted by atomic mass is 10.1. The van der Waals surface area contributed by atoms with Gasteiger partial charge in [0.25, 0.3) is 0 Å². The van der Waals surface area contributed by atoms with E-state index in [9.17, 15) is 0 Å². The van der Waals surface area contributed by atoms with Gasteiger partial charge in [0.1, 0.15) is 11.5 Å². The number of tetrazole rings is 1. The molecule has 25 heavy (non-hydrogen) atoms. The molecular weight excluding hydrogens is 318 g/mol. The zero-order chi connectivity index (χ0) is 17.1. The Morgan fingerprint density at radius 1 is 1.16 bits per heavy atom. The Morgan fingerprint density at radius 2 is 2.04 bits per heavy atom. The summed E-state index contributed by atoms with van der Waals surface area (Å²) in [6.45, 7) is 4.85. The molecule has 2 aromatic heterocycles. The Hall–Kier alpha value is -2.51. The summed E-state index contributed by atoms with van der Waals surface area (Å²) in [4.78, 5) is 2.31. The number of hydrogen-bond acceptors (Lipinski definition) is 6. The van der Waals surface area contributed by atoms with Crippen LogP contribution >= 0.6 is 0 Å². The maximum Gasteiger partial charge on any atom is 0.170 e. The number of rotatable bonds is 5. The normalized spacial score (nSPS) is 18.5. The third-order valence-electron chi connectivity index (χ3n) is 4.48. The molecule has 3 aromatic rings. The molecule has 4 rings (SSSR count). The third kappa shape index (κ3) is 3.33. The zero-order valence-electron chi connectivity index (χ0n) is 14.2. The Kier molecular flexibility index (Phi) is 4.58. The van der Waals surface area contributed by atoms with Crippen molar-refractivity contribution in [2.75, 3.05) is 19.8 Å². The van der Waals surface area contributed by atoms with Crippen molar-refractivity contribution in [2.24, 2.45) is 0 Å². The van der Waals surface area contributed by atoms with Gasteiger partial charge in [-0.05, 0) is 34.7 Å². The molecule has 0 radical (unpaired) electrons. The zero-order valence-corrected chi connectivity index (χ0v) is 14.2. The van der Waals surface area contributed by atoms with Crippen LogP contribution in [0.5, 0.6) is 0 Å². The Balaban J connectivity index is 1.58. The minimum atomic E-state index is 0.0787. The summed E-state index contributed by atoms with van der Waals surface area (Å²) in [5, 5.41) is 12.2. The number of hydrogen-bond donors (Lipinski definition) is 0. The number of benzene rings is 1. The molecule has 0 N–H and O–H groups in total. The molecule has 0 bridgehead atoms. The van der Waals surface area contributed by atoms with Crippen molar-refractivity contribution in [3.05, 3.63) is 59.8 Å². The maximum absolute atomic E-state index is 5.96. The van der Waals surface area contributed by atoms with Gasteiger partial charge < -0.3 is 9.15 Å². The number of nitrogens with zero attached hydrogens (tertiary/aromatic N) is 5. The van der Waals surface area contributed by atoms with E-state index in [-0.39, 0.29) is 6.04 Å². The van der Waals surface area contributed by atoms with E-state index in [1.807, 2.05) is 42.5 Å². The molecule has 0 unspecified atom stereocenters. The molecule has 0 spiro atoms. The van der Waals surface area contributed by atoms with E-state index in [1.54, 1.807) is 4.68 Å². The number of para-hydroxylation sites is 1. The number of aromatic nitrogens is 4. The van der Waals surface area contributed by atoms with Gasteiger partial charge in [0, 0.05) is 13.0 Å². The van der Waals surface area contributed by atoms with Crippen LogP contribution in [-0.4, -0.2) is 44.9 Å². The number of aryl methyl sites for hydroxylation is 1. The summed E-state index contributed by atoms with van der Waals surface area (Å²) < 4.78 is 13.4. The molecule has 7 heteroatoms. The van der Waals surface area contributed by atoms with Crippen molar-refractivity contribution < 1.29 is 9.15 Å². The number of morpholine rings is 1. The highest BCUT2D eigenvalue weighted by Gasteiger charge is 2.28. The van der Waals surface area contributed by atoms with Gasteiger partial charge in [0.15, 0.2) is 5.82 Å². The van der Waals surface area contributed by atoms with Gasteiger partial charge in [-0.1, -0.05) is 25.1 Å². The number of furan rings is 1. The lowest BCUT2D eigenvalue weighted by Crippen LogP contribution is -2.39. The predicted molar refractivity (Wildman–Crippen MR) is 91.2 cm³/mol. The van der Waals surface area contributed by atoms with Crippen LogP contribution in [0, 0.1) is 0 Å². The SMILES string of the molecule is CCc1ccc([C@H]2COCCN2Cc2nnnn2-c2ccccc2)o1. The molecule has 0 amide bonds. The molecular formula is C18H21N5O2. The van der Waals surface area contributed by atoms with E-state index in [0.717, 1.165) is 36.0 Å². The molecule has 3 heterocycles. The minimum absolute atomic E-state index is 0.0787. The van der Waals surface area contributed by atoms with Crippen molar-refractivity contribution in [1.29, 1.82) is 0 Å². The second kappa shape index (κ2) is 7.16. The van der Waals surface area contributed by atoms with E-state index in [0.29, 0.717) is 19.8 Å². The molecule has 1 fully saturated rings.